The third kappa shape index (κ3) is 4.49. The van der Waals surface area contributed by atoms with Gasteiger partial charge in [-0.2, -0.15) is 0 Å². The molecule has 0 bridgehead atoms. The van der Waals surface area contributed by atoms with Crippen molar-refractivity contribution >= 4 is 56.8 Å². The van der Waals surface area contributed by atoms with E-state index in [2.05, 4.69) is 21.2 Å². The number of carbonyl (C=O) groups excluding carboxylic acids is 2. The van der Waals surface area contributed by atoms with Gasteiger partial charge in [0.05, 0.1) is 23.4 Å². The zero-order chi connectivity index (χ0) is 21.0. The highest BCUT2D eigenvalue weighted by atomic mass is 79.9. The van der Waals surface area contributed by atoms with Crippen LogP contribution in [0.2, 0.25) is 0 Å². The molecule has 2 amide bonds. The van der Waals surface area contributed by atoms with Crippen molar-refractivity contribution in [2.75, 3.05) is 18.1 Å². The summed E-state index contributed by atoms with van der Waals surface area (Å²) in [6.45, 7) is 4.67. The van der Waals surface area contributed by atoms with Crippen LogP contribution in [0.4, 0.5) is 5.69 Å². The molecule has 0 saturated carbocycles. The fourth-order valence-corrected chi connectivity index (χ4v) is 3.71. The predicted molar refractivity (Wildman–Crippen MR) is 119 cm³/mol. The first kappa shape index (κ1) is 21.0. The Hall–Kier alpha value is -2.71. The molecule has 0 unspecified atom stereocenters. The van der Waals surface area contributed by atoms with Crippen molar-refractivity contribution in [2.24, 2.45) is 0 Å². The van der Waals surface area contributed by atoms with Crippen LogP contribution in [0.1, 0.15) is 19.4 Å². The molecule has 0 aliphatic carbocycles. The lowest BCUT2D eigenvalue weighted by Gasteiger charge is -2.28. The normalized spacial score (nSPS) is 15.5. The second kappa shape index (κ2) is 9.19. The van der Waals surface area contributed by atoms with E-state index in [1.165, 1.54) is 11.0 Å². The summed E-state index contributed by atoms with van der Waals surface area (Å²) in [5.41, 5.74) is 1.17. The van der Waals surface area contributed by atoms with Crippen LogP contribution in [0.3, 0.4) is 0 Å². The van der Waals surface area contributed by atoms with E-state index in [1.54, 1.807) is 36.4 Å². The average molecular weight is 475 g/mol. The lowest BCUT2D eigenvalue weighted by molar-refractivity contribution is -0.122. The summed E-state index contributed by atoms with van der Waals surface area (Å²) < 4.78 is 12.0. The van der Waals surface area contributed by atoms with E-state index in [4.69, 9.17) is 21.7 Å². The maximum Gasteiger partial charge on any atom is 0.270 e. The molecular formula is C21H19BrN2O4S. The van der Waals surface area contributed by atoms with Gasteiger partial charge in [-0.15, -0.1) is 0 Å². The minimum absolute atomic E-state index is 0.0269. The number of thiocarbonyl (C=S) groups is 1. The Morgan fingerprint density at radius 1 is 1.10 bits per heavy atom. The molecule has 2 aromatic rings. The Bertz CT molecular complexity index is 992. The quantitative estimate of drug-likeness (QED) is 0.388. The Morgan fingerprint density at radius 2 is 1.79 bits per heavy atom. The van der Waals surface area contributed by atoms with Crippen molar-refractivity contribution in [2.45, 2.75) is 13.8 Å². The molecule has 8 heteroatoms. The van der Waals surface area contributed by atoms with Crippen molar-refractivity contribution in [1.82, 2.24) is 5.32 Å². The molecular weight excluding hydrogens is 456 g/mol. The summed E-state index contributed by atoms with van der Waals surface area (Å²) in [4.78, 5) is 26.8. The molecule has 3 rings (SSSR count). The van der Waals surface area contributed by atoms with Crippen molar-refractivity contribution in [1.29, 1.82) is 0 Å². The fraction of sp³-hybridized carbons (Fsp3) is 0.190. The van der Waals surface area contributed by atoms with Gasteiger partial charge in [0.1, 0.15) is 5.57 Å². The van der Waals surface area contributed by atoms with Gasteiger partial charge in [-0.1, -0.05) is 18.2 Å². The maximum atomic E-state index is 13.1. The van der Waals surface area contributed by atoms with Crippen LogP contribution in [0.5, 0.6) is 11.5 Å². The number of amides is 2. The van der Waals surface area contributed by atoms with Crippen LogP contribution in [0.25, 0.3) is 6.08 Å². The first-order valence-electron chi connectivity index (χ1n) is 9.01. The van der Waals surface area contributed by atoms with Crippen molar-refractivity contribution in [3.05, 3.63) is 58.1 Å². The number of benzene rings is 2. The molecule has 2 aromatic carbocycles. The van der Waals surface area contributed by atoms with Crippen LogP contribution in [0, 0.1) is 0 Å². The molecule has 0 radical (unpaired) electrons. The van der Waals surface area contributed by atoms with Gasteiger partial charge in [-0.3, -0.25) is 19.8 Å². The topological polar surface area (TPSA) is 67.9 Å². The van der Waals surface area contributed by atoms with Crippen molar-refractivity contribution in [3.63, 3.8) is 0 Å². The molecule has 0 atom stereocenters. The van der Waals surface area contributed by atoms with E-state index in [0.717, 1.165) is 0 Å². The molecule has 0 aromatic heterocycles. The van der Waals surface area contributed by atoms with Gasteiger partial charge >= 0.3 is 0 Å². The predicted octanol–water partition coefficient (Wildman–Crippen LogP) is 4.08. The van der Waals surface area contributed by atoms with E-state index in [1.807, 2.05) is 19.9 Å². The van der Waals surface area contributed by atoms with Crippen LogP contribution in [-0.4, -0.2) is 30.1 Å². The maximum absolute atomic E-state index is 13.1. The molecule has 6 nitrogen and oxygen atoms in total. The first-order chi connectivity index (χ1) is 14.0. The number of para-hydroxylation sites is 1. The van der Waals surface area contributed by atoms with Gasteiger partial charge in [0.2, 0.25) is 0 Å². The number of halogens is 1. The van der Waals surface area contributed by atoms with E-state index in [9.17, 15) is 9.59 Å². The van der Waals surface area contributed by atoms with Crippen molar-refractivity contribution < 1.29 is 19.1 Å². The van der Waals surface area contributed by atoms with Gasteiger partial charge in [0.25, 0.3) is 11.8 Å². The molecule has 1 aliphatic heterocycles. The molecule has 1 heterocycles. The number of ether oxygens (including phenoxy) is 2. The van der Waals surface area contributed by atoms with E-state index in [-0.39, 0.29) is 10.7 Å². The first-order valence-corrected chi connectivity index (χ1v) is 10.2. The van der Waals surface area contributed by atoms with Gasteiger partial charge in [-0.05, 0) is 77.9 Å². The van der Waals surface area contributed by atoms with Crippen molar-refractivity contribution in [3.8, 4) is 11.5 Å². The minimum atomic E-state index is -0.546. The Morgan fingerprint density at radius 3 is 2.45 bits per heavy atom. The third-order valence-electron chi connectivity index (χ3n) is 4.05. The number of hydrogen-bond acceptors (Lipinski definition) is 5. The highest BCUT2D eigenvalue weighted by Crippen LogP contribution is 2.37. The van der Waals surface area contributed by atoms with Gasteiger partial charge in [0, 0.05) is 0 Å². The fourth-order valence-electron chi connectivity index (χ4n) is 2.85. The average Bonchev–Trinajstić information content (AvgIpc) is 2.69. The molecule has 1 N–H and O–H groups in total. The summed E-state index contributed by atoms with van der Waals surface area (Å²) in [6.07, 6.45) is 1.51. The number of nitrogens with zero attached hydrogens (tertiary/aromatic N) is 1. The molecule has 150 valence electrons. The second-order valence-corrected chi connectivity index (χ2v) is 7.23. The SMILES string of the molecule is CCOc1cc(/C=C2/C(=O)NC(=S)N(c3ccccc3)C2=O)cc(Br)c1OCC. The standard InChI is InChI=1S/C21H19BrN2O4S/c1-3-27-17-12-13(11-16(22)18(17)28-4-2)10-15-19(25)23-21(29)24(20(15)26)14-8-6-5-7-9-14/h5-12H,3-4H2,1-2H3,(H,23,25,29)/b15-10-. The summed E-state index contributed by atoms with van der Waals surface area (Å²) in [6, 6.07) is 12.4. The van der Waals surface area contributed by atoms with Crippen LogP contribution < -0.4 is 19.7 Å². The van der Waals surface area contributed by atoms with Gasteiger partial charge < -0.3 is 9.47 Å². The molecule has 1 fully saturated rings. The number of hydrogen-bond donors (Lipinski definition) is 1. The van der Waals surface area contributed by atoms with E-state index in [0.29, 0.717) is 40.4 Å². The molecule has 0 spiro atoms. The minimum Gasteiger partial charge on any atom is -0.490 e. The smallest absolute Gasteiger partial charge is 0.270 e. The lowest BCUT2D eigenvalue weighted by Crippen LogP contribution is -2.54. The van der Waals surface area contributed by atoms with Crippen LogP contribution >= 0.6 is 28.1 Å². The van der Waals surface area contributed by atoms with Crippen LogP contribution in [0.15, 0.2) is 52.5 Å². The third-order valence-corrected chi connectivity index (χ3v) is 4.92. The molecule has 1 aliphatic rings. The number of carbonyl (C=O) groups is 2. The zero-order valence-corrected chi connectivity index (χ0v) is 18.3. The largest absolute Gasteiger partial charge is 0.490 e. The lowest BCUT2D eigenvalue weighted by atomic mass is 10.1. The summed E-state index contributed by atoms with van der Waals surface area (Å²) in [5.74, 6) is 0.0563. The Kier molecular flexibility index (Phi) is 6.66. The van der Waals surface area contributed by atoms with Crippen LogP contribution in [-0.2, 0) is 9.59 Å². The number of nitrogens with one attached hydrogen (secondary N) is 1. The van der Waals surface area contributed by atoms with E-state index < -0.39 is 11.8 Å². The zero-order valence-electron chi connectivity index (χ0n) is 15.9. The molecule has 29 heavy (non-hydrogen) atoms. The Balaban J connectivity index is 2.03. The second-order valence-electron chi connectivity index (χ2n) is 5.99. The monoisotopic (exact) mass is 474 g/mol. The van der Waals surface area contributed by atoms with Gasteiger partial charge in [-0.25, -0.2) is 0 Å². The number of anilines is 1. The molecule has 1 saturated heterocycles. The summed E-state index contributed by atoms with van der Waals surface area (Å²) >= 11 is 8.68. The Labute approximate surface area is 182 Å². The highest BCUT2D eigenvalue weighted by Gasteiger charge is 2.34. The van der Waals surface area contributed by atoms with Gasteiger partial charge in [0.15, 0.2) is 16.6 Å². The number of rotatable bonds is 6. The highest BCUT2D eigenvalue weighted by molar-refractivity contribution is 9.10. The van der Waals surface area contributed by atoms with E-state index >= 15 is 0 Å². The summed E-state index contributed by atoms with van der Waals surface area (Å²) in [7, 11) is 0. The summed E-state index contributed by atoms with van der Waals surface area (Å²) in [5, 5.41) is 2.62.